The van der Waals surface area contributed by atoms with Crippen molar-refractivity contribution < 1.29 is 4.79 Å². The first kappa shape index (κ1) is 12.3. The fourth-order valence-electron chi connectivity index (χ4n) is 2.19. The molecule has 1 aromatic heterocycles. The first-order chi connectivity index (χ1) is 8.06. The lowest BCUT2D eigenvalue weighted by molar-refractivity contribution is -0.129. The van der Waals surface area contributed by atoms with Gasteiger partial charge in [0.1, 0.15) is 11.0 Å². The minimum atomic E-state index is 0.145. The number of piperidine rings is 1. The Labute approximate surface area is 106 Å². The molecule has 0 unspecified atom stereocenters. The topological polar surface area (TPSA) is 46.1 Å². The maximum absolute atomic E-state index is 11.2. The lowest BCUT2D eigenvalue weighted by Crippen LogP contribution is -2.36. The number of hydrogen-bond donors (Lipinski definition) is 0. The van der Waals surface area contributed by atoms with Gasteiger partial charge in [0.05, 0.1) is 0 Å². The summed E-state index contributed by atoms with van der Waals surface area (Å²) in [5, 5.41) is 0.501. The van der Waals surface area contributed by atoms with Crippen molar-refractivity contribution in [3.05, 3.63) is 22.7 Å². The molecule has 4 nitrogen and oxygen atoms in total. The summed E-state index contributed by atoms with van der Waals surface area (Å²) in [5.41, 5.74) is 0.897. The Morgan fingerprint density at radius 2 is 2.06 bits per heavy atom. The van der Waals surface area contributed by atoms with Gasteiger partial charge < -0.3 is 4.90 Å². The van der Waals surface area contributed by atoms with E-state index in [1.807, 2.05) is 11.8 Å². The number of carbonyl (C=O) groups excluding carboxylic acids is 1. The smallest absolute Gasteiger partial charge is 0.219 e. The molecule has 0 bridgehead atoms. The number of carbonyl (C=O) groups is 1. The second-order valence-corrected chi connectivity index (χ2v) is 4.86. The van der Waals surface area contributed by atoms with Crippen molar-refractivity contribution in [1.29, 1.82) is 0 Å². The van der Waals surface area contributed by atoms with Crippen LogP contribution in [0.15, 0.2) is 6.07 Å². The molecule has 17 heavy (non-hydrogen) atoms. The van der Waals surface area contributed by atoms with Gasteiger partial charge in [-0.25, -0.2) is 9.97 Å². The zero-order valence-electron chi connectivity index (χ0n) is 10.1. The Balaban J connectivity index is 2.07. The van der Waals surface area contributed by atoms with Crippen molar-refractivity contribution in [1.82, 2.24) is 14.9 Å². The van der Waals surface area contributed by atoms with E-state index in [1.165, 1.54) is 0 Å². The van der Waals surface area contributed by atoms with Gasteiger partial charge in [0.25, 0.3) is 0 Å². The third-order valence-corrected chi connectivity index (χ3v) is 3.34. The summed E-state index contributed by atoms with van der Waals surface area (Å²) in [4.78, 5) is 21.8. The molecule has 1 aromatic rings. The number of halogens is 1. The molecule has 0 aromatic carbocycles. The van der Waals surface area contributed by atoms with Crippen molar-refractivity contribution in [3.63, 3.8) is 0 Å². The molecular weight excluding hydrogens is 238 g/mol. The summed E-state index contributed by atoms with van der Waals surface area (Å²) in [5.74, 6) is 1.29. The summed E-state index contributed by atoms with van der Waals surface area (Å²) in [6.45, 7) is 5.10. The zero-order chi connectivity index (χ0) is 12.4. The van der Waals surface area contributed by atoms with Gasteiger partial charge in [-0.2, -0.15) is 0 Å². The van der Waals surface area contributed by atoms with E-state index in [4.69, 9.17) is 11.6 Å². The van der Waals surface area contributed by atoms with Crippen LogP contribution in [-0.4, -0.2) is 33.9 Å². The second kappa shape index (κ2) is 5.00. The normalized spacial score (nSPS) is 17.2. The van der Waals surface area contributed by atoms with E-state index in [0.717, 1.165) is 37.4 Å². The van der Waals surface area contributed by atoms with Gasteiger partial charge in [-0.3, -0.25) is 4.79 Å². The van der Waals surface area contributed by atoms with Gasteiger partial charge >= 0.3 is 0 Å². The molecule has 0 aliphatic carbocycles. The summed E-state index contributed by atoms with van der Waals surface area (Å²) in [7, 11) is 0. The second-order valence-electron chi connectivity index (χ2n) is 4.47. The number of aryl methyl sites for hydroxylation is 1. The number of rotatable bonds is 1. The van der Waals surface area contributed by atoms with Crippen LogP contribution in [0.4, 0.5) is 0 Å². The number of likely N-dealkylation sites (tertiary alicyclic amines) is 1. The Kier molecular flexibility index (Phi) is 3.62. The third-order valence-electron chi connectivity index (χ3n) is 3.15. The minimum absolute atomic E-state index is 0.145. The summed E-state index contributed by atoms with van der Waals surface area (Å²) >= 11 is 5.93. The maximum atomic E-state index is 11.2. The Bertz CT molecular complexity index is 408. The molecule has 1 aliphatic rings. The molecule has 1 amide bonds. The van der Waals surface area contributed by atoms with Gasteiger partial charge in [0.15, 0.2) is 0 Å². The van der Waals surface area contributed by atoms with Crippen molar-refractivity contribution in [2.75, 3.05) is 13.1 Å². The largest absolute Gasteiger partial charge is 0.343 e. The van der Waals surface area contributed by atoms with Crippen LogP contribution in [0.2, 0.25) is 5.15 Å². The highest BCUT2D eigenvalue weighted by Crippen LogP contribution is 2.26. The van der Waals surface area contributed by atoms with E-state index >= 15 is 0 Å². The van der Waals surface area contributed by atoms with Crippen molar-refractivity contribution >= 4 is 17.5 Å². The van der Waals surface area contributed by atoms with Crippen LogP contribution >= 0.6 is 11.6 Å². The van der Waals surface area contributed by atoms with Crippen LogP contribution in [0, 0.1) is 6.92 Å². The van der Waals surface area contributed by atoms with Crippen LogP contribution in [0.5, 0.6) is 0 Å². The predicted molar refractivity (Wildman–Crippen MR) is 66.0 cm³/mol. The lowest BCUT2D eigenvalue weighted by atomic mass is 9.96. The summed E-state index contributed by atoms with van der Waals surface area (Å²) in [6.07, 6.45) is 1.83. The molecule has 2 rings (SSSR count). The van der Waals surface area contributed by atoms with Crippen LogP contribution in [0.1, 0.15) is 37.2 Å². The van der Waals surface area contributed by atoms with Crippen LogP contribution in [0.3, 0.4) is 0 Å². The van der Waals surface area contributed by atoms with E-state index in [9.17, 15) is 4.79 Å². The van der Waals surface area contributed by atoms with Gasteiger partial charge in [0, 0.05) is 31.6 Å². The van der Waals surface area contributed by atoms with Crippen LogP contribution < -0.4 is 0 Å². The Morgan fingerprint density at radius 3 is 2.59 bits per heavy atom. The predicted octanol–water partition coefficient (Wildman–Crippen LogP) is 2.16. The Morgan fingerprint density at radius 1 is 1.41 bits per heavy atom. The summed E-state index contributed by atoms with van der Waals surface area (Å²) in [6, 6.07) is 1.76. The van der Waals surface area contributed by atoms with Crippen molar-refractivity contribution in [2.45, 2.75) is 32.6 Å². The molecule has 2 heterocycles. The summed E-state index contributed by atoms with van der Waals surface area (Å²) < 4.78 is 0. The van der Waals surface area contributed by atoms with Gasteiger partial charge in [-0.05, 0) is 25.8 Å². The van der Waals surface area contributed by atoms with Crippen molar-refractivity contribution in [2.24, 2.45) is 0 Å². The molecule has 0 atom stereocenters. The number of hydrogen-bond acceptors (Lipinski definition) is 3. The number of aromatic nitrogens is 2. The molecule has 92 valence electrons. The molecule has 0 N–H and O–H groups in total. The van der Waals surface area contributed by atoms with Crippen LogP contribution in [0.25, 0.3) is 0 Å². The molecule has 1 saturated heterocycles. The lowest BCUT2D eigenvalue weighted by Gasteiger charge is -2.30. The standard InChI is InChI=1S/C12H16ClN3O/c1-8-7-11(13)15-12(14-8)10-3-5-16(6-4-10)9(2)17/h7,10H,3-6H2,1-2H3. The zero-order valence-corrected chi connectivity index (χ0v) is 10.9. The average Bonchev–Trinajstić information content (AvgIpc) is 2.28. The minimum Gasteiger partial charge on any atom is -0.343 e. The third kappa shape index (κ3) is 2.94. The molecule has 0 spiro atoms. The van der Waals surface area contributed by atoms with E-state index < -0.39 is 0 Å². The first-order valence-electron chi connectivity index (χ1n) is 5.83. The highest BCUT2D eigenvalue weighted by atomic mass is 35.5. The highest BCUT2D eigenvalue weighted by Gasteiger charge is 2.24. The highest BCUT2D eigenvalue weighted by molar-refractivity contribution is 6.29. The fourth-order valence-corrected chi connectivity index (χ4v) is 2.43. The fraction of sp³-hybridized carbons (Fsp3) is 0.583. The van der Waals surface area contributed by atoms with E-state index in [1.54, 1.807) is 13.0 Å². The molecule has 1 fully saturated rings. The Hall–Kier alpha value is -1.16. The van der Waals surface area contributed by atoms with Gasteiger partial charge in [0.2, 0.25) is 5.91 Å². The number of nitrogens with zero attached hydrogens (tertiary/aromatic N) is 3. The SMILES string of the molecule is CC(=O)N1CCC(c2nc(C)cc(Cl)n2)CC1. The molecule has 0 saturated carbocycles. The quantitative estimate of drug-likeness (QED) is 0.721. The molecule has 0 radical (unpaired) electrons. The first-order valence-corrected chi connectivity index (χ1v) is 6.20. The van der Waals surface area contributed by atoms with Crippen LogP contribution in [-0.2, 0) is 4.79 Å². The molecule has 1 aliphatic heterocycles. The van der Waals surface area contributed by atoms with Gasteiger partial charge in [-0.1, -0.05) is 11.6 Å². The van der Waals surface area contributed by atoms with E-state index in [2.05, 4.69) is 9.97 Å². The monoisotopic (exact) mass is 253 g/mol. The van der Waals surface area contributed by atoms with E-state index in [-0.39, 0.29) is 5.91 Å². The van der Waals surface area contributed by atoms with E-state index in [0.29, 0.717) is 11.1 Å². The van der Waals surface area contributed by atoms with Gasteiger partial charge in [-0.15, -0.1) is 0 Å². The molecular formula is C12H16ClN3O. The number of amides is 1. The van der Waals surface area contributed by atoms with Crippen molar-refractivity contribution in [3.8, 4) is 0 Å². The molecule has 5 heteroatoms. The maximum Gasteiger partial charge on any atom is 0.219 e. The average molecular weight is 254 g/mol.